The first kappa shape index (κ1) is 11.3. The van der Waals surface area contributed by atoms with Gasteiger partial charge in [-0.2, -0.15) is 5.26 Å². The molecule has 0 radical (unpaired) electrons. The smallest absolute Gasteiger partial charge is 0.0887 e. The molecule has 1 aromatic carbocycles. The van der Waals surface area contributed by atoms with E-state index >= 15 is 0 Å². The molecular formula is C15H14N2. The molecule has 0 saturated heterocycles. The number of nitrogens with zero attached hydrogens (tertiary/aromatic N) is 2. The van der Waals surface area contributed by atoms with Gasteiger partial charge in [0.15, 0.2) is 0 Å². The Morgan fingerprint density at radius 2 is 1.82 bits per heavy atom. The zero-order chi connectivity index (χ0) is 11.9. The fraction of sp³-hybridized carbons (Fsp3) is 0.200. The van der Waals surface area contributed by atoms with Gasteiger partial charge >= 0.3 is 0 Å². The summed E-state index contributed by atoms with van der Waals surface area (Å²) in [6.45, 7) is 0. The Kier molecular flexibility index (Phi) is 3.88. The van der Waals surface area contributed by atoms with Crippen molar-refractivity contribution in [2.24, 2.45) is 0 Å². The topological polar surface area (TPSA) is 36.7 Å². The Bertz CT molecular complexity index is 485. The largest absolute Gasteiger partial charge is 0.260 e. The number of rotatable bonds is 4. The minimum absolute atomic E-state index is 0.114. The van der Waals surface area contributed by atoms with E-state index in [4.69, 9.17) is 5.26 Å². The lowest BCUT2D eigenvalue weighted by molar-refractivity contribution is 0.726. The maximum atomic E-state index is 9.17. The van der Waals surface area contributed by atoms with E-state index in [9.17, 15) is 0 Å². The van der Waals surface area contributed by atoms with Gasteiger partial charge in [0.1, 0.15) is 0 Å². The molecule has 84 valence electrons. The molecule has 0 aliphatic heterocycles. The predicted molar refractivity (Wildman–Crippen MR) is 67.4 cm³/mol. The summed E-state index contributed by atoms with van der Waals surface area (Å²) in [6, 6.07) is 18.3. The number of hydrogen-bond donors (Lipinski definition) is 0. The highest BCUT2D eigenvalue weighted by Crippen LogP contribution is 2.18. The molecule has 0 fully saturated rings. The Balaban J connectivity index is 2.01. The van der Waals surface area contributed by atoms with E-state index in [2.05, 4.69) is 23.2 Å². The quantitative estimate of drug-likeness (QED) is 0.795. The van der Waals surface area contributed by atoms with Gasteiger partial charge in [-0.3, -0.25) is 4.98 Å². The van der Waals surface area contributed by atoms with E-state index in [0.717, 1.165) is 18.5 Å². The summed E-state index contributed by atoms with van der Waals surface area (Å²) < 4.78 is 0. The van der Waals surface area contributed by atoms with Crippen molar-refractivity contribution < 1.29 is 0 Å². The van der Waals surface area contributed by atoms with Gasteiger partial charge in [-0.25, -0.2) is 0 Å². The second kappa shape index (κ2) is 5.81. The third-order valence-electron chi connectivity index (χ3n) is 2.77. The average Bonchev–Trinajstić information content (AvgIpc) is 2.42. The minimum Gasteiger partial charge on any atom is -0.260 e. The molecule has 0 N–H and O–H groups in total. The lowest BCUT2D eigenvalue weighted by Gasteiger charge is -2.07. The maximum Gasteiger partial charge on any atom is 0.0887 e. The molecule has 1 aromatic heterocycles. The van der Waals surface area contributed by atoms with Crippen LogP contribution in [0.1, 0.15) is 23.6 Å². The average molecular weight is 222 g/mol. The first-order chi connectivity index (χ1) is 8.40. The van der Waals surface area contributed by atoms with Gasteiger partial charge in [-0.15, -0.1) is 0 Å². The first-order valence-electron chi connectivity index (χ1n) is 5.74. The summed E-state index contributed by atoms with van der Waals surface area (Å²) in [7, 11) is 0. The monoisotopic (exact) mass is 222 g/mol. The van der Waals surface area contributed by atoms with Crippen molar-refractivity contribution >= 4 is 0 Å². The van der Waals surface area contributed by atoms with Crippen molar-refractivity contribution in [2.45, 2.75) is 18.8 Å². The van der Waals surface area contributed by atoms with Crippen molar-refractivity contribution in [1.82, 2.24) is 4.98 Å². The summed E-state index contributed by atoms with van der Waals surface area (Å²) >= 11 is 0. The summed E-state index contributed by atoms with van der Waals surface area (Å²) in [5.41, 5.74) is 2.13. The SMILES string of the molecule is N#CC(CCc1ccccc1)c1ccccn1. The van der Waals surface area contributed by atoms with E-state index in [1.807, 2.05) is 36.4 Å². The summed E-state index contributed by atoms with van der Waals surface area (Å²) in [4.78, 5) is 4.24. The fourth-order valence-corrected chi connectivity index (χ4v) is 1.82. The van der Waals surface area contributed by atoms with Crippen LogP contribution in [0.5, 0.6) is 0 Å². The molecule has 17 heavy (non-hydrogen) atoms. The molecule has 0 aliphatic rings. The van der Waals surface area contributed by atoms with Crippen LogP contribution in [-0.2, 0) is 6.42 Å². The van der Waals surface area contributed by atoms with Crippen LogP contribution in [0.2, 0.25) is 0 Å². The lowest BCUT2D eigenvalue weighted by Crippen LogP contribution is -2.00. The fourth-order valence-electron chi connectivity index (χ4n) is 1.82. The molecule has 0 bridgehead atoms. The Morgan fingerprint density at radius 3 is 2.47 bits per heavy atom. The molecule has 1 unspecified atom stereocenters. The summed E-state index contributed by atoms with van der Waals surface area (Å²) in [5.74, 6) is -0.114. The molecule has 2 rings (SSSR count). The van der Waals surface area contributed by atoms with Gasteiger partial charge in [0.25, 0.3) is 0 Å². The molecule has 0 aliphatic carbocycles. The highest BCUT2D eigenvalue weighted by atomic mass is 14.7. The maximum absolute atomic E-state index is 9.17. The second-order valence-electron chi connectivity index (χ2n) is 3.96. The van der Waals surface area contributed by atoms with Crippen LogP contribution in [0.4, 0.5) is 0 Å². The normalized spacial score (nSPS) is 11.7. The van der Waals surface area contributed by atoms with E-state index in [-0.39, 0.29) is 5.92 Å². The number of benzene rings is 1. The van der Waals surface area contributed by atoms with Gasteiger partial charge < -0.3 is 0 Å². The van der Waals surface area contributed by atoms with Crippen LogP contribution in [-0.4, -0.2) is 4.98 Å². The van der Waals surface area contributed by atoms with Crippen LogP contribution < -0.4 is 0 Å². The molecular weight excluding hydrogens is 208 g/mol. The third-order valence-corrected chi connectivity index (χ3v) is 2.77. The lowest BCUT2D eigenvalue weighted by atomic mass is 9.97. The Hall–Kier alpha value is -2.14. The predicted octanol–water partition coefficient (Wildman–Crippen LogP) is 3.32. The van der Waals surface area contributed by atoms with E-state index in [0.29, 0.717) is 0 Å². The molecule has 1 heterocycles. The highest BCUT2D eigenvalue weighted by Gasteiger charge is 2.11. The number of pyridine rings is 1. The summed E-state index contributed by atoms with van der Waals surface area (Å²) in [5, 5.41) is 9.17. The van der Waals surface area contributed by atoms with Gasteiger partial charge in [0.2, 0.25) is 0 Å². The second-order valence-corrected chi connectivity index (χ2v) is 3.96. The van der Waals surface area contributed by atoms with Gasteiger partial charge in [0, 0.05) is 6.20 Å². The van der Waals surface area contributed by atoms with Crippen LogP contribution in [0.15, 0.2) is 54.7 Å². The number of aryl methyl sites for hydroxylation is 1. The molecule has 0 saturated carbocycles. The molecule has 1 atom stereocenters. The Labute approximate surface area is 102 Å². The standard InChI is InChI=1S/C15H14N2/c16-12-14(15-8-4-5-11-17-15)10-9-13-6-2-1-3-7-13/h1-8,11,14H,9-10H2. The highest BCUT2D eigenvalue weighted by molar-refractivity contribution is 5.19. The van der Waals surface area contributed by atoms with E-state index in [1.54, 1.807) is 6.20 Å². The van der Waals surface area contributed by atoms with Gasteiger partial charge in [-0.05, 0) is 30.5 Å². The zero-order valence-corrected chi connectivity index (χ0v) is 9.58. The molecule has 2 aromatic rings. The summed E-state index contributed by atoms with van der Waals surface area (Å²) in [6.07, 6.45) is 3.47. The van der Waals surface area contributed by atoms with Crippen LogP contribution in [0.3, 0.4) is 0 Å². The van der Waals surface area contributed by atoms with Crippen molar-refractivity contribution in [2.75, 3.05) is 0 Å². The van der Waals surface area contributed by atoms with Crippen molar-refractivity contribution in [1.29, 1.82) is 5.26 Å². The molecule has 2 nitrogen and oxygen atoms in total. The number of hydrogen-bond acceptors (Lipinski definition) is 2. The van der Waals surface area contributed by atoms with Crippen LogP contribution in [0.25, 0.3) is 0 Å². The zero-order valence-electron chi connectivity index (χ0n) is 9.58. The van der Waals surface area contributed by atoms with Gasteiger partial charge in [-0.1, -0.05) is 36.4 Å². The van der Waals surface area contributed by atoms with Gasteiger partial charge in [0.05, 0.1) is 17.7 Å². The van der Waals surface area contributed by atoms with Crippen molar-refractivity contribution in [3.8, 4) is 6.07 Å². The van der Waals surface area contributed by atoms with E-state index in [1.165, 1.54) is 5.56 Å². The molecule has 2 heteroatoms. The van der Waals surface area contributed by atoms with Crippen LogP contribution >= 0.6 is 0 Å². The van der Waals surface area contributed by atoms with E-state index < -0.39 is 0 Å². The third kappa shape index (κ3) is 3.15. The number of aromatic nitrogens is 1. The molecule has 0 spiro atoms. The minimum atomic E-state index is -0.114. The number of nitriles is 1. The molecule has 0 amide bonds. The van der Waals surface area contributed by atoms with Crippen molar-refractivity contribution in [3.63, 3.8) is 0 Å². The van der Waals surface area contributed by atoms with Crippen molar-refractivity contribution in [3.05, 3.63) is 66.0 Å². The Morgan fingerprint density at radius 1 is 1.06 bits per heavy atom. The van der Waals surface area contributed by atoms with Crippen LogP contribution in [0, 0.1) is 11.3 Å². The first-order valence-corrected chi connectivity index (χ1v) is 5.74.